The molecule has 16 heavy (non-hydrogen) atoms. The molecule has 2 rings (SSSR count). The van der Waals surface area contributed by atoms with Gasteiger partial charge in [0.15, 0.2) is 0 Å². The van der Waals surface area contributed by atoms with E-state index in [4.69, 9.17) is 9.47 Å². The van der Waals surface area contributed by atoms with Crippen LogP contribution < -0.4 is 0 Å². The highest BCUT2D eigenvalue weighted by Gasteiger charge is 2.19. The fourth-order valence-electron chi connectivity index (χ4n) is 2.77. The van der Waals surface area contributed by atoms with Gasteiger partial charge < -0.3 is 9.47 Å². The molecule has 0 aromatic carbocycles. The molecule has 0 amide bonds. The predicted molar refractivity (Wildman–Crippen MR) is 65.1 cm³/mol. The molecule has 0 bridgehead atoms. The molecule has 2 heteroatoms. The van der Waals surface area contributed by atoms with Crippen molar-refractivity contribution in [2.45, 2.75) is 76.4 Å². The maximum Gasteiger partial charge on any atom is 0.272 e. The summed E-state index contributed by atoms with van der Waals surface area (Å²) in [6.07, 6.45) is 13.3. The molecule has 0 N–H and O–H groups in total. The van der Waals surface area contributed by atoms with Gasteiger partial charge in [0.25, 0.3) is 5.95 Å². The summed E-state index contributed by atoms with van der Waals surface area (Å²) in [6.45, 7) is 3.90. The molecule has 0 heterocycles. The van der Waals surface area contributed by atoms with Crippen LogP contribution >= 0.6 is 0 Å². The van der Waals surface area contributed by atoms with Crippen LogP contribution in [0, 0.1) is 0 Å². The van der Waals surface area contributed by atoms with Crippen LogP contribution in [0.25, 0.3) is 0 Å². The smallest absolute Gasteiger partial charge is 0.272 e. The van der Waals surface area contributed by atoms with Crippen molar-refractivity contribution in [3.63, 3.8) is 0 Å². The standard InChI is InChI=1S/C14H24O2/c1-12(15-13-8-4-2-5-9-13)16-14-10-6-3-7-11-14/h13-14H,1-11H2. The fourth-order valence-corrected chi connectivity index (χ4v) is 2.77. The molecule has 0 aromatic heterocycles. The van der Waals surface area contributed by atoms with Crippen LogP contribution in [0.5, 0.6) is 0 Å². The van der Waals surface area contributed by atoms with Gasteiger partial charge in [0, 0.05) is 0 Å². The molecule has 2 saturated carbocycles. The van der Waals surface area contributed by atoms with Crippen LogP contribution in [0.3, 0.4) is 0 Å². The highest BCUT2D eigenvalue weighted by molar-refractivity contribution is 4.78. The van der Waals surface area contributed by atoms with Crippen molar-refractivity contribution < 1.29 is 9.47 Å². The van der Waals surface area contributed by atoms with Gasteiger partial charge in [-0.3, -0.25) is 0 Å². The molecule has 0 aromatic rings. The minimum Gasteiger partial charge on any atom is -0.463 e. The Labute approximate surface area is 99.0 Å². The maximum atomic E-state index is 5.78. The van der Waals surface area contributed by atoms with E-state index >= 15 is 0 Å². The Kier molecular flexibility index (Phi) is 4.55. The average molecular weight is 224 g/mol. The number of ether oxygens (including phenoxy) is 2. The molecule has 92 valence electrons. The van der Waals surface area contributed by atoms with E-state index in [0.29, 0.717) is 18.2 Å². The lowest BCUT2D eigenvalue weighted by atomic mass is 9.97. The van der Waals surface area contributed by atoms with E-state index in [1.165, 1.54) is 64.2 Å². The lowest BCUT2D eigenvalue weighted by Crippen LogP contribution is -2.21. The third-order valence-electron chi connectivity index (χ3n) is 3.70. The maximum absolute atomic E-state index is 5.78. The monoisotopic (exact) mass is 224 g/mol. The summed E-state index contributed by atoms with van der Waals surface area (Å²) in [7, 11) is 0. The van der Waals surface area contributed by atoms with Crippen LogP contribution in [0.2, 0.25) is 0 Å². The summed E-state index contributed by atoms with van der Waals surface area (Å²) in [4.78, 5) is 0. The highest BCUT2D eigenvalue weighted by Crippen LogP contribution is 2.25. The van der Waals surface area contributed by atoms with E-state index in [1.807, 2.05) is 0 Å². The molecule has 0 atom stereocenters. The Balaban J connectivity index is 1.66. The van der Waals surface area contributed by atoms with Crippen LogP contribution in [-0.2, 0) is 9.47 Å². The molecule has 2 nitrogen and oxygen atoms in total. The largest absolute Gasteiger partial charge is 0.463 e. The van der Waals surface area contributed by atoms with E-state index < -0.39 is 0 Å². The highest BCUT2D eigenvalue weighted by atomic mass is 16.7. The Morgan fingerprint density at radius 3 is 1.44 bits per heavy atom. The van der Waals surface area contributed by atoms with Gasteiger partial charge >= 0.3 is 0 Å². The number of hydrogen-bond donors (Lipinski definition) is 0. The van der Waals surface area contributed by atoms with Crippen molar-refractivity contribution in [1.82, 2.24) is 0 Å². The van der Waals surface area contributed by atoms with Gasteiger partial charge in [-0.05, 0) is 57.9 Å². The number of rotatable bonds is 4. The Hall–Kier alpha value is -0.660. The van der Waals surface area contributed by atoms with Gasteiger partial charge in [-0.25, -0.2) is 0 Å². The molecular formula is C14H24O2. The zero-order chi connectivity index (χ0) is 11.2. The second-order valence-corrected chi connectivity index (χ2v) is 5.13. The third-order valence-corrected chi connectivity index (χ3v) is 3.70. The Morgan fingerprint density at radius 2 is 1.06 bits per heavy atom. The first-order chi connectivity index (χ1) is 7.84. The van der Waals surface area contributed by atoms with Crippen LogP contribution in [-0.4, -0.2) is 12.2 Å². The van der Waals surface area contributed by atoms with Crippen LogP contribution in [0.4, 0.5) is 0 Å². The lowest BCUT2D eigenvalue weighted by Gasteiger charge is -2.27. The van der Waals surface area contributed by atoms with E-state index in [9.17, 15) is 0 Å². The van der Waals surface area contributed by atoms with Crippen LogP contribution in [0.15, 0.2) is 12.5 Å². The molecular weight excluding hydrogens is 200 g/mol. The van der Waals surface area contributed by atoms with Crippen molar-refractivity contribution in [3.8, 4) is 0 Å². The molecule has 0 aliphatic heterocycles. The summed E-state index contributed by atoms with van der Waals surface area (Å²) in [5.74, 6) is 0.568. The molecule has 2 aliphatic rings. The van der Waals surface area contributed by atoms with E-state index in [-0.39, 0.29) is 0 Å². The van der Waals surface area contributed by atoms with Crippen molar-refractivity contribution in [2.75, 3.05) is 0 Å². The Morgan fingerprint density at radius 1 is 0.688 bits per heavy atom. The molecule has 0 spiro atoms. The minimum atomic E-state index is 0.366. The zero-order valence-corrected chi connectivity index (χ0v) is 10.2. The van der Waals surface area contributed by atoms with E-state index in [0.717, 1.165) is 0 Å². The first-order valence-electron chi connectivity index (χ1n) is 6.87. The molecule has 0 saturated heterocycles. The topological polar surface area (TPSA) is 18.5 Å². The van der Waals surface area contributed by atoms with Gasteiger partial charge in [0.05, 0.1) is 0 Å². The molecule has 2 aliphatic carbocycles. The van der Waals surface area contributed by atoms with Gasteiger partial charge in [0.1, 0.15) is 12.2 Å². The summed E-state index contributed by atoms with van der Waals surface area (Å²) in [5, 5.41) is 0. The first-order valence-corrected chi connectivity index (χ1v) is 6.87. The van der Waals surface area contributed by atoms with Gasteiger partial charge in [-0.2, -0.15) is 0 Å². The predicted octanol–water partition coefficient (Wildman–Crippen LogP) is 4.16. The van der Waals surface area contributed by atoms with Gasteiger partial charge in [-0.15, -0.1) is 0 Å². The first kappa shape index (κ1) is 11.8. The summed E-state index contributed by atoms with van der Waals surface area (Å²) < 4.78 is 11.6. The molecule has 0 radical (unpaired) electrons. The fraction of sp³-hybridized carbons (Fsp3) is 0.857. The van der Waals surface area contributed by atoms with Crippen LogP contribution in [0.1, 0.15) is 64.2 Å². The van der Waals surface area contributed by atoms with E-state index in [1.54, 1.807) is 0 Å². The average Bonchev–Trinajstić information content (AvgIpc) is 2.31. The van der Waals surface area contributed by atoms with Crippen molar-refractivity contribution >= 4 is 0 Å². The molecule has 2 fully saturated rings. The normalized spacial score (nSPS) is 24.0. The molecule has 0 unspecified atom stereocenters. The van der Waals surface area contributed by atoms with E-state index in [2.05, 4.69) is 6.58 Å². The van der Waals surface area contributed by atoms with Gasteiger partial charge in [0.2, 0.25) is 0 Å². The second-order valence-electron chi connectivity index (χ2n) is 5.13. The summed E-state index contributed by atoms with van der Waals surface area (Å²) >= 11 is 0. The van der Waals surface area contributed by atoms with Gasteiger partial charge in [-0.1, -0.05) is 12.8 Å². The van der Waals surface area contributed by atoms with Crippen molar-refractivity contribution in [1.29, 1.82) is 0 Å². The second kappa shape index (κ2) is 6.17. The SMILES string of the molecule is C=C(OC1CCCCC1)OC1CCCCC1. The lowest BCUT2D eigenvalue weighted by molar-refractivity contribution is -0.0562. The third kappa shape index (κ3) is 3.73. The Bertz CT molecular complexity index is 191. The van der Waals surface area contributed by atoms with Crippen molar-refractivity contribution in [3.05, 3.63) is 12.5 Å². The zero-order valence-electron chi connectivity index (χ0n) is 10.2. The quantitative estimate of drug-likeness (QED) is 0.668. The minimum absolute atomic E-state index is 0.366. The summed E-state index contributed by atoms with van der Waals surface area (Å²) in [5.41, 5.74) is 0. The number of hydrogen-bond acceptors (Lipinski definition) is 2. The summed E-state index contributed by atoms with van der Waals surface area (Å²) in [6, 6.07) is 0. The van der Waals surface area contributed by atoms with Crippen molar-refractivity contribution in [2.24, 2.45) is 0 Å².